The van der Waals surface area contributed by atoms with Crippen LogP contribution in [0.25, 0.3) is 0 Å². The highest BCUT2D eigenvalue weighted by Gasteiger charge is 2.19. The Kier molecular flexibility index (Phi) is 4.85. The molecule has 0 spiro atoms. The van der Waals surface area contributed by atoms with E-state index in [1.165, 1.54) is 11.3 Å². The molecule has 2 N–H and O–H groups in total. The van der Waals surface area contributed by atoms with Crippen LogP contribution in [-0.2, 0) is 10.0 Å². The second-order valence-corrected chi connectivity index (χ2v) is 8.63. The zero-order chi connectivity index (χ0) is 14.8. The van der Waals surface area contributed by atoms with Crippen LogP contribution in [0.4, 0.5) is 5.69 Å². The van der Waals surface area contributed by atoms with Gasteiger partial charge in [-0.1, -0.05) is 18.2 Å². The van der Waals surface area contributed by atoms with E-state index in [0.717, 1.165) is 9.35 Å². The molecular formula is C13H15BrN2O2S2. The fraction of sp³-hybridized carbons (Fsp3) is 0.231. The molecule has 0 saturated carbocycles. The Labute approximate surface area is 131 Å². The van der Waals surface area contributed by atoms with Gasteiger partial charge in [0.2, 0.25) is 0 Å². The number of nitrogens with one attached hydrogen (secondary N) is 2. The van der Waals surface area contributed by atoms with Crippen LogP contribution in [0, 0.1) is 0 Å². The van der Waals surface area contributed by atoms with Crippen molar-refractivity contribution in [2.45, 2.75) is 17.2 Å². The molecule has 0 aliphatic rings. The van der Waals surface area contributed by atoms with Gasteiger partial charge in [0.1, 0.15) is 4.21 Å². The second kappa shape index (κ2) is 6.26. The number of anilines is 1. The highest BCUT2D eigenvalue weighted by Crippen LogP contribution is 2.29. The Morgan fingerprint density at radius 2 is 1.90 bits per heavy atom. The molecule has 0 aliphatic carbocycles. The molecule has 108 valence electrons. The highest BCUT2D eigenvalue weighted by molar-refractivity contribution is 9.11. The molecule has 1 aromatic heterocycles. The predicted molar refractivity (Wildman–Crippen MR) is 86.7 cm³/mol. The zero-order valence-electron chi connectivity index (χ0n) is 11.1. The minimum absolute atomic E-state index is 0.0592. The number of hydrogen-bond donors (Lipinski definition) is 2. The maximum Gasteiger partial charge on any atom is 0.271 e. The Hall–Kier alpha value is -0.890. The van der Waals surface area contributed by atoms with E-state index >= 15 is 0 Å². The van der Waals surface area contributed by atoms with Crippen LogP contribution >= 0.6 is 27.3 Å². The van der Waals surface area contributed by atoms with Gasteiger partial charge in [0, 0.05) is 6.04 Å². The van der Waals surface area contributed by atoms with Crippen molar-refractivity contribution < 1.29 is 8.42 Å². The average molecular weight is 375 g/mol. The van der Waals surface area contributed by atoms with Crippen molar-refractivity contribution in [3.05, 3.63) is 45.7 Å². The SMILES string of the molecule is CNC(C)c1ccccc1NS(=O)(=O)c1ccc(Br)s1. The third-order valence-corrected chi connectivity index (χ3v) is 6.40. The van der Waals surface area contributed by atoms with Gasteiger partial charge in [-0.2, -0.15) is 0 Å². The van der Waals surface area contributed by atoms with Crippen molar-refractivity contribution in [1.29, 1.82) is 0 Å². The zero-order valence-corrected chi connectivity index (χ0v) is 14.3. The number of hydrogen-bond acceptors (Lipinski definition) is 4. The third-order valence-electron chi connectivity index (χ3n) is 2.92. The van der Waals surface area contributed by atoms with Crippen molar-refractivity contribution >= 4 is 43.0 Å². The third kappa shape index (κ3) is 3.41. The van der Waals surface area contributed by atoms with E-state index in [1.54, 1.807) is 18.2 Å². The average Bonchev–Trinajstić information content (AvgIpc) is 2.86. The number of para-hydroxylation sites is 1. The lowest BCUT2D eigenvalue weighted by Crippen LogP contribution is -2.17. The van der Waals surface area contributed by atoms with E-state index in [9.17, 15) is 8.42 Å². The van der Waals surface area contributed by atoms with E-state index in [-0.39, 0.29) is 10.3 Å². The van der Waals surface area contributed by atoms with Crippen LogP contribution in [0.5, 0.6) is 0 Å². The number of halogens is 1. The molecule has 0 saturated heterocycles. The lowest BCUT2D eigenvalue weighted by atomic mass is 10.1. The quantitative estimate of drug-likeness (QED) is 0.840. The maximum atomic E-state index is 12.3. The van der Waals surface area contributed by atoms with E-state index in [4.69, 9.17) is 0 Å². The van der Waals surface area contributed by atoms with Gasteiger partial charge in [0.05, 0.1) is 9.47 Å². The van der Waals surface area contributed by atoms with Crippen LogP contribution in [0.3, 0.4) is 0 Å². The topological polar surface area (TPSA) is 58.2 Å². The molecule has 0 amide bonds. The summed E-state index contributed by atoms with van der Waals surface area (Å²) in [5.74, 6) is 0. The maximum absolute atomic E-state index is 12.3. The summed E-state index contributed by atoms with van der Waals surface area (Å²) in [4.78, 5) is 0. The van der Waals surface area contributed by atoms with E-state index in [2.05, 4.69) is 26.0 Å². The van der Waals surface area contributed by atoms with Gasteiger partial charge in [-0.25, -0.2) is 8.42 Å². The smallest absolute Gasteiger partial charge is 0.271 e. The van der Waals surface area contributed by atoms with E-state index < -0.39 is 10.0 Å². The summed E-state index contributed by atoms with van der Waals surface area (Å²) < 4.78 is 28.4. The summed E-state index contributed by atoms with van der Waals surface area (Å²) in [6.45, 7) is 1.98. The summed E-state index contributed by atoms with van der Waals surface area (Å²) in [5, 5.41) is 3.11. The van der Waals surface area contributed by atoms with Gasteiger partial charge in [0.15, 0.2) is 0 Å². The summed E-state index contributed by atoms with van der Waals surface area (Å²) >= 11 is 4.46. The fourth-order valence-electron chi connectivity index (χ4n) is 1.76. The first-order chi connectivity index (χ1) is 9.44. The van der Waals surface area contributed by atoms with Crippen molar-refractivity contribution in [2.75, 3.05) is 11.8 Å². The van der Waals surface area contributed by atoms with Gasteiger partial charge in [-0.3, -0.25) is 4.72 Å². The molecule has 2 rings (SSSR count). The van der Waals surface area contributed by atoms with Crippen LogP contribution < -0.4 is 10.0 Å². The largest absolute Gasteiger partial charge is 0.313 e. The molecule has 4 nitrogen and oxygen atoms in total. The van der Waals surface area contributed by atoms with Crippen LogP contribution in [0.2, 0.25) is 0 Å². The molecular weight excluding hydrogens is 360 g/mol. The standard InChI is InChI=1S/C13H15BrN2O2S2/c1-9(15-2)10-5-3-4-6-11(10)16-20(17,18)13-8-7-12(14)19-13/h3-9,15-16H,1-2H3. The van der Waals surface area contributed by atoms with Gasteiger partial charge in [0.25, 0.3) is 10.0 Å². The number of rotatable bonds is 5. The Bertz CT molecular complexity index is 698. The lowest BCUT2D eigenvalue weighted by Gasteiger charge is -2.16. The van der Waals surface area contributed by atoms with E-state index in [0.29, 0.717) is 5.69 Å². The van der Waals surface area contributed by atoms with Crippen LogP contribution in [0.15, 0.2) is 44.4 Å². The summed E-state index contributed by atoms with van der Waals surface area (Å²) in [5.41, 5.74) is 1.51. The van der Waals surface area contributed by atoms with E-state index in [1.807, 2.05) is 32.2 Å². The molecule has 1 unspecified atom stereocenters. The predicted octanol–water partition coefficient (Wildman–Crippen LogP) is 3.59. The van der Waals surface area contributed by atoms with Crippen molar-refractivity contribution in [3.63, 3.8) is 0 Å². The monoisotopic (exact) mass is 374 g/mol. The first-order valence-electron chi connectivity index (χ1n) is 5.98. The molecule has 1 heterocycles. The number of thiophene rings is 1. The first kappa shape index (κ1) is 15.5. The fourth-order valence-corrected chi connectivity index (χ4v) is 4.86. The molecule has 1 atom stereocenters. The number of sulfonamides is 1. The lowest BCUT2D eigenvalue weighted by molar-refractivity contribution is 0.602. The molecule has 0 bridgehead atoms. The Balaban J connectivity index is 2.35. The van der Waals surface area contributed by atoms with Gasteiger partial charge in [-0.15, -0.1) is 11.3 Å². The molecule has 0 aliphatic heterocycles. The van der Waals surface area contributed by atoms with Crippen molar-refractivity contribution in [1.82, 2.24) is 5.32 Å². The minimum Gasteiger partial charge on any atom is -0.313 e. The Morgan fingerprint density at radius 1 is 1.20 bits per heavy atom. The molecule has 2 aromatic rings. The normalized spacial score (nSPS) is 13.2. The summed E-state index contributed by atoms with van der Waals surface area (Å²) in [7, 11) is -1.71. The van der Waals surface area contributed by atoms with Crippen LogP contribution in [-0.4, -0.2) is 15.5 Å². The van der Waals surface area contributed by atoms with Gasteiger partial charge < -0.3 is 5.32 Å². The number of benzene rings is 1. The van der Waals surface area contributed by atoms with Crippen molar-refractivity contribution in [3.8, 4) is 0 Å². The Morgan fingerprint density at radius 3 is 2.50 bits per heavy atom. The first-order valence-corrected chi connectivity index (χ1v) is 9.07. The van der Waals surface area contributed by atoms with Gasteiger partial charge in [-0.05, 0) is 53.7 Å². The summed E-state index contributed by atoms with van der Waals surface area (Å²) in [6.07, 6.45) is 0. The second-order valence-electron chi connectivity index (χ2n) is 4.26. The summed E-state index contributed by atoms with van der Waals surface area (Å²) in [6, 6.07) is 10.7. The molecule has 0 fully saturated rings. The van der Waals surface area contributed by atoms with Crippen molar-refractivity contribution in [2.24, 2.45) is 0 Å². The molecule has 1 aromatic carbocycles. The van der Waals surface area contributed by atoms with Crippen LogP contribution in [0.1, 0.15) is 18.5 Å². The molecule has 0 radical (unpaired) electrons. The highest BCUT2D eigenvalue weighted by atomic mass is 79.9. The van der Waals surface area contributed by atoms with Gasteiger partial charge >= 0.3 is 0 Å². The molecule has 7 heteroatoms. The molecule has 20 heavy (non-hydrogen) atoms. The minimum atomic E-state index is -3.55.